The van der Waals surface area contributed by atoms with Crippen molar-refractivity contribution < 1.29 is 9.59 Å². The highest BCUT2D eigenvalue weighted by molar-refractivity contribution is 6.30. The SMILES string of the molecule is CC(=O)NCCNC(=O)c1cccc(Cl)c1. The van der Waals surface area contributed by atoms with Crippen molar-refractivity contribution in [3.8, 4) is 0 Å². The van der Waals surface area contributed by atoms with E-state index in [0.29, 0.717) is 23.7 Å². The topological polar surface area (TPSA) is 58.2 Å². The Bertz CT molecular complexity index is 393. The van der Waals surface area contributed by atoms with Gasteiger partial charge in [-0.05, 0) is 18.2 Å². The predicted octanol–water partition coefficient (Wildman–Crippen LogP) is 1.21. The second kappa shape index (κ2) is 6.12. The summed E-state index contributed by atoms with van der Waals surface area (Å²) in [5.74, 6) is -0.315. The van der Waals surface area contributed by atoms with Crippen LogP contribution in [0.25, 0.3) is 0 Å². The molecule has 2 amide bonds. The van der Waals surface area contributed by atoms with Crippen LogP contribution in [0.2, 0.25) is 5.02 Å². The molecule has 0 spiro atoms. The summed E-state index contributed by atoms with van der Waals surface area (Å²) in [6.45, 7) is 2.24. The van der Waals surface area contributed by atoms with Crippen LogP contribution in [0.1, 0.15) is 17.3 Å². The molecule has 0 fully saturated rings. The van der Waals surface area contributed by atoms with Crippen LogP contribution in [0.4, 0.5) is 0 Å². The molecular formula is C11H13ClN2O2. The van der Waals surface area contributed by atoms with Crippen LogP contribution in [0.5, 0.6) is 0 Å². The van der Waals surface area contributed by atoms with Gasteiger partial charge in [0.2, 0.25) is 5.91 Å². The van der Waals surface area contributed by atoms with Crippen molar-refractivity contribution in [1.29, 1.82) is 0 Å². The van der Waals surface area contributed by atoms with E-state index in [1.165, 1.54) is 6.92 Å². The third-order valence-electron chi connectivity index (χ3n) is 1.87. The van der Waals surface area contributed by atoms with Crippen molar-refractivity contribution in [3.63, 3.8) is 0 Å². The van der Waals surface area contributed by atoms with Crippen LogP contribution in [0.15, 0.2) is 24.3 Å². The average Bonchev–Trinajstić information content (AvgIpc) is 2.24. The molecule has 0 aliphatic carbocycles. The Morgan fingerprint density at radius 1 is 1.25 bits per heavy atom. The summed E-state index contributed by atoms with van der Waals surface area (Å²) in [4.78, 5) is 22.1. The van der Waals surface area contributed by atoms with Gasteiger partial charge in [-0.2, -0.15) is 0 Å². The van der Waals surface area contributed by atoms with Gasteiger partial charge in [0.15, 0.2) is 0 Å². The quantitative estimate of drug-likeness (QED) is 0.778. The monoisotopic (exact) mass is 240 g/mol. The molecule has 0 aliphatic heterocycles. The largest absolute Gasteiger partial charge is 0.355 e. The molecule has 0 atom stereocenters. The summed E-state index contributed by atoms with van der Waals surface area (Å²) in [5, 5.41) is 5.78. The van der Waals surface area contributed by atoms with Gasteiger partial charge >= 0.3 is 0 Å². The zero-order valence-electron chi connectivity index (χ0n) is 8.92. The zero-order valence-corrected chi connectivity index (χ0v) is 9.67. The van der Waals surface area contributed by atoms with Crippen LogP contribution < -0.4 is 10.6 Å². The molecule has 0 aromatic heterocycles. The highest BCUT2D eigenvalue weighted by Gasteiger charge is 2.04. The molecule has 1 rings (SSSR count). The smallest absolute Gasteiger partial charge is 0.251 e. The Morgan fingerprint density at radius 3 is 2.56 bits per heavy atom. The Morgan fingerprint density at radius 2 is 1.94 bits per heavy atom. The minimum absolute atomic E-state index is 0.114. The Balaban J connectivity index is 2.38. The highest BCUT2D eigenvalue weighted by Crippen LogP contribution is 2.10. The van der Waals surface area contributed by atoms with E-state index in [4.69, 9.17) is 11.6 Å². The first-order valence-electron chi connectivity index (χ1n) is 4.88. The van der Waals surface area contributed by atoms with Crippen molar-refractivity contribution in [2.24, 2.45) is 0 Å². The molecule has 5 heteroatoms. The predicted molar refractivity (Wildman–Crippen MR) is 62.5 cm³/mol. The van der Waals surface area contributed by atoms with Crippen molar-refractivity contribution in [1.82, 2.24) is 10.6 Å². The molecular weight excluding hydrogens is 228 g/mol. The normalized spacial score (nSPS) is 9.62. The minimum atomic E-state index is -0.201. The molecule has 1 aromatic carbocycles. The van der Waals surface area contributed by atoms with E-state index in [-0.39, 0.29) is 11.8 Å². The van der Waals surface area contributed by atoms with Gasteiger partial charge in [-0.1, -0.05) is 17.7 Å². The standard InChI is InChI=1S/C11H13ClN2O2/c1-8(15)13-5-6-14-11(16)9-3-2-4-10(12)7-9/h2-4,7H,5-6H2,1H3,(H,13,15)(H,14,16). The molecule has 16 heavy (non-hydrogen) atoms. The Hall–Kier alpha value is -1.55. The Labute approximate surface area is 99.0 Å². The van der Waals surface area contributed by atoms with Crippen molar-refractivity contribution in [2.45, 2.75) is 6.92 Å². The fourth-order valence-corrected chi connectivity index (χ4v) is 1.34. The van der Waals surface area contributed by atoms with E-state index in [2.05, 4.69) is 10.6 Å². The molecule has 0 heterocycles. The maximum atomic E-state index is 11.6. The number of carbonyl (C=O) groups is 2. The number of rotatable bonds is 4. The van der Waals surface area contributed by atoms with Gasteiger partial charge in [-0.15, -0.1) is 0 Å². The molecule has 1 aromatic rings. The van der Waals surface area contributed by atoms with E-state index in [0.717, 1.165) is 0 Å². The lowest BCUT2D eigenvalue weighted by Gasteiger charge is -2.05. The first-order valence-corrected chi connectivity index (χ1v) is 5.25. The van der Waals surface area contributed by atoms with Gasteiger partial charge in [0.25, 0.3) is 5.91 Å². The number of nitrogens with one attached hydrogen (secondary N) is 2. The lowest BCUT2D eigenvalue weighted by molar-refractivity contribution is -0.118. The van der Waals surface area contributed by atoms with Gasteiger partial charge in [-0.3, -0.25) is 9.59 Å². The van der Waals surface area contributed by atoms with E-state index >= 15 is 0 Å². The van der Waals surface area contributed by atoms with E-state index in [9.17, 15) is 9.59 Å². The van der Waals surface area contributed by atoms with Crippen LogP contribution in [0.3, 0.4) is 0 Å². The molecule has 0 radical (unpaired) electrons. The number of amides is 2. The van der Waals surface area contributed by atoms with Crippen molar-refractivity contribution in [2.75, 3.05) is 13.1 Å². The molecule has 0 aliphatic rings. The van der Waals surface area contributed by atoms with Crippen molar-refractivity contribution in [3.05, 3.63) is 34.9 Å². The summed E-state index contributed by atoms with van der Waals surface area (Å²) in [5.41, 5.74) is 0.510. The maximum Gasteiger partial charge on any atom is 0.251 e. The summed E-state index contributed by atoms with van der Waals surface area (Å²) in [6, 6.07) is 6.69. The second-order valence-electron chi connectivity index (χ2n) is 3.25. The third kappa shape index (κ3) is 4.31. The number of carbonyl (C=O) groups excluding carboxylic acids is 2. The van der Waals surface area contributed by atoms with Crippen LogP contribution >= 0.6 is 11.6 Å². The van der Waals surface area contributed by atoms with E-state index in [1.54, 1.807) is 24.3 Å². The fraction of sp³-hybridized carbons (Fsp3) is 0.273. The lowest BCUT2D eigenvalue weighted by Crippen LogP contribution is -2.33. The fourth-order valence-electron chi connectivity index (χ4n) is 1.15. The lowest BCUT2D eigenvalue weighted by atomic mass is 10.2. The number of hydrogen-bond donors (Lipinski definition) is 2. The highest BCUT2D eigenvalue weighted by atomic mass is 35.5. The number of hydrogen-bond acceptors (Lipinski definition) is 2. The van der Waals surface area contributed by atoms with Gasteiger partial charge in [0.1, 0.15) is 0 Å². The molecule has 0 bridgehead atoms. The van der Waals surface area contributed by atoms with Gasteiger partial charge in [0, 0.05) is 30.6 Å². The first kappa shape index (κ1) is 12.5. The minimum Gasteiger partial charge on any atom is -0.355 e. The zero-order chi connectivity index (χ0) is 12.0. The van der Waals surface area contributed by atoms with Crippen molar-refractivity contribution >= 4 is 23.4 Å². The number of benzene rings is 1. The third-order valence-corrected chi connectivity index (χ3v) is 2.11. The van der Waals surface area contributed by atoms with Gasteiger partial charge in [-0.25, -0.2) is 0 Å². The molecule has 2 N–H and O–H groups in total. The van der Waals surface area contributed by atoms with E-state index in [1.807, 2.05) is 0 Å². The maximum absolute atomic E-state index is 11.6. The van der Waals surface area contributed by atoms with E-state index < -0.39 is 0 Å². The first-order chi connectivity index (χ1) is 7.59. The number of halogens is 1. The van der Waals surface area contributed by atoms with Crippen LogP contribution in [0, 0.1) is 0 Å². The van der Waals surface area contributed by atoms with Crippen LogP contribution in [-0.2, 0) is 4.79 Å². The summed E-state index contributed by atoms with van der Waals surface area (Å²) >= 11 is 5.75. The second-order valence-corrected chi connectivity index (χ2v) is 3.69. The summed E-state index contributed by atoms with van der Waals surface area (Å²) in [6.07, 6.45) is 0. The summed E-state index contributed by atoms with van der Waals surface area (Å²) < 4.78 is 0. The molecule has 86 valence electrons. The molecule has 0 unspecified atom stereocenters. The average molecular weight is 241 g/mol. The molecule has 0 saturated carbocycles. The summed E-state index contributed by atoms with van der Waals surface area (Å²) in [7, 11) is 0. The Kier molecular flexibility index (Phi) is 4.79. The molecule has 4 nitrogen and oxygen atoms in total. The van der Waals surface area contributed by atoms with Crippen LogP contribution in [-0.4, -0.2) is 24.9 Å². The van der Waals surface area contributed by atoms with Gasteiger partial charge < -0.3 is 10.6 Å². The van der Waals surface area contributed by atoms with Gasteiger partial charge in [0.05, 0.1) is 0 Å². The molecule has 0 saturated heterocycles.